The van der Waals surface area contributed by atoms with Crippen LogP contribution in [-0.4, -0.2) is 19.8 Å². The van der Waals surface area contributed by atoms with Gasteiger partial charge in [-0.3, -0.25) is 0 Å². The molecule has 4 nitrogen and oxygen atoms in total. The highest BCUT2D eigenvalue weighted by molar-refractivity contribution is 7.99. The molecule has 20 heavy (non-hydrogen) atoms. The van der Waals surface area contributed by atoms with Crippen molar-refractivity contribution in [1.82, 2.24) is 19.8 Å². The summed E-state index contributed by atoms with van der Waals surface area (Å²) < 4.78 is 1.81. The fraction of sp³-hybridized carbons (Fsp3) is 0.267. The van der Waals surface area contributed by atoms with E-state index in [1.165, 1.54) is 4.90 Å². The second kappa shape index (κ2) is 7.05. The number of fused-ring (bicyclic) bond motifs is 1. The predicted octanol–water partition coefficient (Wildman–Crippen LogP) is 3.86. The molecule has 1 aromatic carbocycles. The lowest BCUT2D eigenvalue weighted by Gasteiger charge is -2.01. The summed E-state index contributed by atoms with van der Waals surface area (Å²) in [5.41, 5.74) is 0.796. The van der Waals surface area contributed by atoms with Gasteiger partial charge in [0.1, 0.15) is 5.03 Å². The smallest absolute Gasteiger partial charge is 0.177 e. The number of benzene rings is 1. The molecule has 3 aromatic rings. The first-order chi connectivity index (χ1) is 9.86. The first-order valence-electron chi connectivity index (χ1n) is 6.81. The minimum atomic E-state index is 0.796. The molecule has 0 bridgehead atoms. The Morgan fingerprint density at radius 3 is 2.45 bits per heavy atom. The highest BCUT2D eigenvalue weighted by Gasteiger charge is 2.06. The molecule has 0 unspecified atom stereocenters. The number of hydrogen-bond acceptors (Lipinski definition) is 4. The molecule has 0 saturated heterocycles. The van der Waals surface area contributed by atoms with Crippen molar-refractivity contribution in [3.8, 4) is 0 Å². The number of aryl methyl sites for hydroxylation is 1. The second-order valence-electron chi connectivity index (χ2n) is 3.83. The Kier molecular flexibility index (Phi) is 5.12. The largest absolute Gasteiger partial charge is 0.196 e. The molecule has 2 aromatic heterocycles. The Morgan fingerprint density at radius 2 is 1.75 bits per heavy atom. The van der Waals surface area contributed by atoms with Crippen LogP contribution in [0.1, 0.15) is 26.6 Å². The minimum absolute atomic E-state index is 0.796. The molecule has 0 N–H and O–H groups in total. The van der Waals surface area contributed by atoms with Gasteiger partial charge < -0.3 is 0 Å². The zero-order valence-electron chi connectivity index (χ0n) is 11.9. The number of hydrogen-bond donors (Lipinski definition) is 0. The van der Waals surface area contributed by atoms with Gasteiger partial charge in [0.05, 0.1) is 0 Å². The van der Waals surface area contributed by atoms with Crippen molar-refractivity contribution in [1.29, 1.82) is 0 Å². The van der Waals surface area contributed by atoms with Crippen LogP contribution in [0.2, 0.25) is 0 Å². The van der Waals surface area contributed by atoms with Gasteiger partial charge in [-0.05, 0) is 24.3 Å². The molecule has 0 fully saturated rings. The van der Waals surface area contributed by atoms with Crippen molar-refractivity contribution < 1.29 is 0 Å². The van der Waals surface area contributed by atoms with Crippen LogP contribution < -0.4 is 0 Å². The van der Waals surface area contributed by atoms with Crippen LogP contribution in [0, 0.1) is 0 Å². The molecule has 104 valence electrons. The molecule has 0 saturated carbocycles. The molecule has 2 heterocycles. The summed E-state index contributed by atoms with van der Waals surface area (Å²) in [6.45, 7) is 6.05. The van der Waals surface area contributed by atoms with Crippen molar-refractivity contribution >= 4 is 17.4 Å². The summed E-state index contributed by atoms with van der Waals surface area (Å²) in [5, 5.41) is 13.7. The van der Waals surface area contributed by atoms with E-state index in [-0.39, 0.29) is 0 Å². The molecule has 0 amide bonds. The van der Waals surface area contributed by atoms with E-state index >= 15 is 0 Å². The van der Waals surface area contributed by atoms with Crippen LogP contribution in [0.3, 0.4) is 0 Å². The van der Waals surface area contributed by atoms with Crippen LogP contribution >= 0.6 is 11.8 Å². The van der Waals surface area contributed by atoms with Gasteiger partial charge >= 0.3 is 0 Å². The van der Waals surface area contributed by atoms with Crippen molar-refractivity contribution in [2.45, 2.75) is 37.1 Å². The minimum Gasteiger partial charge on any atom is -0.196 e. The molecule has 3 rings (SSSR count). The van der Waals surface area contributed by atoms with Gasteiger partial charge in [-0.2, -0.15) is 9.61 Å². The summed E-state index contributed by atoms with van der Waals surface area (Å²) in [6.07, 6.45) is 0.827. The van der Waals surface area contributed by atoms with Crippen molar-refractivity contribution in [3.05, 3.63) is 48.3 Å². The van der Waals surface area contributed by atoms with Gasteiger partial charge in [-0.15, -0.1) is 10.2 Å². The standard InChI is InChI=1S/C13H12N4S.C2H6/c1-2-11-14-15-12-8-9-13(16-17(11)12)18-10-6-4-3-5-7-10;1-2/h3-9H,2H2,1H3;1-2H3. The van der Waals surface area contributed by atoms with E-state index in [9.17, 15) is 0 Å². The fourth-order valence-electron chi connectivity index (χ4n) is 1.70. The van der Waals surface area contributed by atoms with Gasteiger partial charge in [0.2, 0.25) is 0 Å². The number of rotatable bonds is 3. The second-order valence-corrected chi connectivity index (χ2v) is 4.92. The van der Waals surface area contributed by atoms with Crippen molar-refractivity contribution in [2.24, 2.45) is 0 Å². The van der Waals surface area contributed by atoms with Gasteiger partial charge in [0.25, 0.3) is 0 Å². The Balaban J connectivity index is 0.000000704. The van der Waals surface area contributed by atoms with Gasteiger partial charge in [0.15, 0.2) is 11.5 Å². The summed E-state index contributed by atoms with van der Waals surface area (Å²) >= 11 is 1.64. The summed E-state index contributed by atoms with van der Waals surface area (Å²) in [5.74, 6) is 0.889. The molecule has 0 aliphatic heterocycles. The molecule has 0 radical (unpaired) electrons. The summed E-state index contributed by atoms with van der Waals surface area (Å²) in [4.78, 5) is 1.18. The third-order valence-corrected chi connectivity index (χ3v) is 3.52. The normalized spacial score (nSPS) is 10.2. The molecular weight excluding hydrogens is 268 g/mol. The molecule has 5 heteroatoms. The predicted molar refractivity (Wildman–Crippen MR) is 82.1 cm³/mol. The Bertz CT molecular complexity index is 664. The van der Waals surface area contributed by atoms with Crippen LogP contribution in [-0.2, 0) is 6.42 Å². The van der Waals surface area contributed by atoms with Gasteiger partial charge in [0, 0.05) is 11.3 Å². The molecular formula is C15H18N4S. The van der Waals surface area contributed by atoms with E-state index in [2.05, 4.69) is 34.4 Å². The first-order valence-corrected chi connectivity index (χ1v) is 7.62. The lowest BCUT2D eigenvalue weighted by Crippen LogP contribution is -1.98. The lowest BCUT2D eigenvalue weighted by atomic mass is 10.4. The number of aromatic nitrogens is 4. The highest BCUT2D eigenvalue weighted by atomic mass is 32.2. The number of nitrogens with zero attached hydrogens (tertiary/aromatic N) is 4. The average molecular weight is 286 g/mol. The maximum absolute atomic E-state index is 4.56. The van der Waals surface area contributed by atoms with Crippen LogP contribution in [0.4, 0.5) is 0 Å². The van der Waals surface area contributed by atoms with E-state index < -0.39 is 0 Å². The Labute approximate surface area is 123 Å². The van der Waals surface area contributed by atoms with E-state index in [4.69, 9.17) is 0 Å². The van der Waals surface area contributed by atoms with Crippen molar-refractivity contribution in [2.75, 3.05) is 0 Å². The molecule has 0 spiro atoms. The molecule has 0 aliphatic carbocycles. The van der Waals surface area contributed by atoms with Crippen LogP contribution in [0.5, 0.6) is 0 Å². The molecule has 0 aliphatic rings. The van der Waals surface area contributed by atoms with E-state index in [0.717, 1.165) is 22.9 Å². The topological polar surface area (TPSA) is 43.1 Å². The van der Waals surface area contributed by atoms with Gasteiger partial charge in [-0.25, -0.2) is 0 Å². The monoisotopic (exact) mass is 286 g/mol. The maximum atomic E-state index is 4.56. The Hall–Kier alpha value is -1.88. The quantitative estimate of drug-likeness (QED) is 0.733. The van der Waals surface area contributed by atoms with Crippen molar-refractivity contribution in [3.63, 3.8) is 0 Å². The fourth-order valence-corrected chi connectivity index (χ4v) is 2.49. The highest BCUT2D eigenvalue weighted by Crippen LogP contribution is 2.25. The van der Waals surface area contributed by atoms with Crippen LogP contribution in [0.25, 0.3) is 5.65 Å². The summed E-state index contributed by atoms with van der Waals surface area (Å²) in [7, 11) is 0. The SMILES string of the molecule is CC.CCc1nnc2ccc(Sc3ccccc3)nn12. The zero-order valence-corrected chi connectivity index (χ0v) is 12.8. The summed E-state index contributed by atoms with van der Waals surface area (Å²) in [6, 6.07) is 14.1. The Morgan fingerprint density at radius 1 is 1.00 bits per heavy atom. The average Bonchev–Trinajstić information content (AvgIpc) is 2.93. The van der Waals surface area contributed by atoms with E-state index in [1.807, 2.05) is 48.7 Å². The maximum Gasteiger partial charge on any atom is 0.177 e. The third-order valence-electron chi connectivity index (χ3n) is 2.58. The lowest BCUT2D eigenvalue weighted by molar-refractivity contribution is 0.783. The first kappa shape index (κ1) is 14.5. The van der Waals surface area contributed by atoms with E-state index in [0.29, 0.717) is 0 Å². The van der Waals surface area contributed by atoms with Crippen LogP contribution in [0.15, 0.2) is 52.4 Å². The zero-order chi connectivity index (χ0) is 14.4. The van der Waals surface area contributed by atoms with E-state index in [1.54, 1.807) is 11.8 Å². The third kappa shape index (κ3) is 3.17. The van der Waals surface area contributed by atoms with Gasteiger partial charge in [-0.1, -0.05) is 50.7 Å². The molecule has 0 atom stereocenters.